The molecule has 6 heteroatoms. The van der Waals surface area contributed by atoms with Gasteiger partial charge in [0, 0.05) is 10.5 Å². The molecule has 0 spiro atoms. The van der Waals surface area contributed by atoms with Crippen molar-refractivity contribution in [3.8, 4) is 0 Å². The van der Waals surface area contributed by atoms with Crippen LogP contribution >= 0.6 is 15.9 Å². The van der Waals surface area contributed by atoms with E-state index in [9.17, 15) is 17.6 Å². The number of halogens is 5. The molecule has 0 bridgehead atoms. The molecule has 1 nitrogen and oxygen atoms in total. The Bertz CT molecular complexity index is 387. The first-order valence-corrected chi connectivity index (χ1v) is 5.34. The molecule has 16 heavy (non-hydrogen) atoms. The van der Waals surface area contributed by atoms with Gasteiger partial charge >= 0.3 is 6.18 Å². The fourth-order valence-electron chi connectivity index (χ4n) is 1.29. The minimum atomic E-state index is -4.71. The van der Waals surface area contributed by atoms with Crippen LogP contribution in [0.4, 0.5) is 23.2 Å². The average molecular weight is 300 g/mol. The first-order chi connectivity index (χ1) is 7.21. The SMILES string of the molecule is CC(C)Nc1cc(Br)cc(F)c1C(F)(F)F. The zero-order chi connectivity index (χ0) is 12.5. The Morgan fingerprint density at radius 2 is 1.81 bits per heavy atom. The Labute approximate surface area is 99.0 Å². The molecular weight excluding hydrogens is 290 g/mol. The molecule has 1 aromatic rings. The van der Waals surface area contributed by atoms with Crippen LogP contribution in [0.2, 0.25) is 0 Å². The van der Waals surface area contributed by atoms with E-state index in [-0.39, 0.29) is 16.2 Å². The molecule has 0 aliphatic rings. The maximum absolute atomic E-state index is 13.3. The molecule has 1 N–H and O–H groups in total. The van der Waals surface area contributed by atoms with Gasteiger partial charge in [-0.3, -0.25) is 0 Å². The molecule has 0 saturated heterocycles. The van der Waals surface area contributed by atoms with Crippen molar-refractivity contribution < 1.29 is 17.6 Å². The molecule has 0 aliphatic carbocycles. The number of rotatable bonds is 2. The van der Waals surface area contributed by atoms with Gasteiger partial charge in [-0.15, -0.1) is 0 Å². The molecule has 0 fully saturated rings. The van der Waals surface area contributed by atoms with Gasteiger partial charge in [-0.2, -0.15) is 13.2 Å². The molecule has 0 amide bonds. The van der Waals surface area contributed by atoms with Gasteiger partial charge in [0.1, 0.15) is 11.4 Å². The lowest BCUT2D eigenvalue weighted by Crippen LogP contribution is -2.17. The molecule has 1 rings (SSSR count). The topological polar surface area (TPSA) is 12.0 Å². The number of anilines is 1. The smallest absolute Gasteiger partial charge is 0.382 e. The van der Waals surface area contributed by atoms with E-state index in [1.54, 1.807) is 13.8 Å². The van der Waals surface area contributed by atoms with Crippen molar-refractivity contribution in [1.82, 2.24) is 0 Å². The fraction of sp³-hybridized carbons (Fsp3) is 0.400. The quantitative estimate of drug-likeness (QED) is 0.797. The highest BCUT2D eigenvalue weighted by Gasteiger charge is 2.37. The lowest BCUT2D eigenvalue weighted by atomic mass is 10.1. The van der Waals surface area contributed by atoms with E-state index in [4.69, 9.17) is 0 Å². The predicted octanol–water partition coefficient (Wildman–Crippen LogP) is 4.43. The molecule has 0 atom stereocenters. The summed E-state index contributed by atoms with van der Waals surface area (Å²) in [4.78, 5) is 0. The number of nitrogens with one attached hydrogen (secondary N) is 1. The van der Waals surface area contributed by atoms with Gasteiger partial charge in [0.05, 0.1) is 5.69 Å². The van der Waals surface area contributed by atoms with E-state index in [1.165, 1.54) is 6.07 Å². The van der Waals surface area contributed by atoms with Gasteiger partial charge in [-0.05, 0) is 26.0 Å². The monoisotopic (exact) mass is 299 g/mol. The van der Waals surface area contributed by atoms with Crippen molar-refractivity contribution in [3.63, 3.8) is 0 Å². The van der Waals surface area contributed by atoms with Gasteiger partial charge in [0.2, 0.25) is 0 Å². The van der Waals surface area contributed by atoms with Crippen LogP contribution in [0.3, 0.4) is 0 Å². The summed E-state index contributed by atoms with van der Waals surface area (Å²) in [5, 5.41) is 2.57. The van der Waals surface area contributed by atoms with Crippen LogP contribution in [0.25, 0.3) is 0 Å². The first-order valence-electron chi connectivity index (χ1n) is 4.54. The van der Waals surface area contributed by atoms with Crippen molar-refractivity contribution in [2.24, 2.45) is 0 Å². The number of alkyl halides is 3. The Hall–Kier alpha value is -0.780. The van der Waals surface area contributed by atoms with Gasteiger partial charge in [0.25, 0.3) is 0 Å². The van der Waals surface area contributed by atoms with E-state index < -0.39 is 17.6 Å². The largest absolute Gasteiger partial charge is 0.421 e. The summed E-state index contributed by atoms with van der Waals surface area (Å²) in [7, 11) is 0. The Morgan fingerprint density at radius 3 is 2.25 bits per heavy atom. The highest BCUT2D eigenvalue weighted by Crippen LogP contribution is 2.38. The Kier molecular flexibility index (Phi) is 3.83. The van der Waals surface area contributed by atoms with Crippen LogP contribution in [0.1, 0.15) is 19.4 Å². The minimum Gasteiger partial charge on any atom is -0.382 e. The van der Waals surface area contributed by atoms with Gasteiger partial charge in [-0.25, -0.2) is 4.39 Å². The molecule has 0 aromatic heterocycles. The molecule has 0 saturated carbocycles. The van der Waals surface area contributed by atoms with Crippen molar-refractivity contribution in [1.29, 1.82) is 0 Å². The normalized spacial score (nSPS) is 12.0. The maximum atomic E-state index is 13.3. The zero-order valence-electron chi connectivity index (χ0n) is 8.62. The molecule has 0 radical (unpaired) electrons. The predicted molar refractivity (Wildman–Crippen MR) is 57.9 cm³/mol. The zero-order valence-corrected chi connectivity index (χ0v) is 10.2. The minimum absolute atomic E-state index is 0.213. The summed E-state index contributed by atoms with van der Waals surface area (Å²) in [6.07, 6.45) is -4.71. The second kappa shape index (κ2) is 4.61. The molecule has 0 unspecified atom stereocenters. The summed E-state index contributed by atoms with van der Waals surface area (Å²) < 4.78 is 51.3. The van der Waals surface area contributed by atoms with Crippen LogP contribution in [0, 0.1) is 5.82 Å². The van der Waals surface area contributed by atoms with Crippen molar-refractivity contribution in [3.05, 3.63) is 28.0 Å². The van der Waals surface area contributed by atoms with E-state index in [1.807, 2.05) is 0 Å². The number of hydrogen-bond acceptors (Lipinski definition) is 1. The van der Waals surface area contributed by atoms with E-state index in [0.717, 1.165) is 6.07 Å². The Balaban J connectivity index is 3.33. The van der Waals surface area contributed by atoms with E-state index >= 15 is 0 Å². The van der Waals surface area contributed by atoms with E-state index in [0.29, 0.717) is 0 Å². The summed E-state index contributed by atoms with van der Waals surface area (Å²) >= 11 is 2.96. The van der Waals surface area contributed by atoms with Crippen molar-refractivity contribution in [2.45, 2.75) is 26.1 Å². The summed E-state index contributed by atoms with van der Waals surface area (Å²) in [5.41, 5.74) is -1.52. The maximum Gasteiger partial charge on any atom is 0.421 e. The summed E-state index contributed by atoms with van der Waals surface area (Å²) in [6.45, 7) is 3.36. The highest BCUT2D eigenvalue weighted by atomic mass is 79.9. The lowest BCUT2D eigenvalue weighted by Gasteiger charge is -2.17. The highest BCUT2D eigenvalue weighted by molar-refractivity contribution is 9.10. The van der Waals surface area contributed by atoms with E-state index in [2.05, 4.69) is 21.2 Å². The van der Waals surface area contributed by atoms with Crippen molar-refractivity contribution in [2.75, 3.05) is 5.32 Å². The number of benzene rings is 1. The molecule has 1 aromatic carbocycles. The average Bonchev–Trinajstić information content (AvgIpc) is 1.96. The second-order valence-corrected chi connectivity index (χ2v) is 4.52. The Morgan fingerprint density at radius 1 is 1.25 bits per heavy atom. The summed E-state index contributed by atoms with van der Waals surface area (Å²) in [6, 6.07) is 1.80. The lowest BCUT2D eigenvalue weighted by molar-refractivity contribution is -0.139. The van der Waals surface area contributed by atoms with Crippen LogP contribution in [-0.4, -0.2) is 6.04 Å². The third kappa shape index (κ3) is 3.10. The van der Waals surface area contributed by atoms with Crippen LogP contribution in [-0.2, 0) is 6.18 Å². The first kappa shape index (κ1) is 13.3. The van der Waals surface area contributed by atoms with Gasteiger partial charge < -0.3 is 5.32 Å². The second-order valence-electron chi connectivity index (χ2n) is 3.61. The molecule has 0 aliphatic heterocycles. The van der Waals surface area contributed by atoms with Gasteiger partial charge in [-0.1, -0.05) is 15.9 Å². The number of hydrogen-bond donors (Lipinski definition) is 1. The molecule has 90 valence electrons. The standard InChI is InChI=1S/C10H10BrF4N/c1-5(2)16-8-4-6(11)3-7(12)9(8)10(13,14)15/h3-5,16H,1-2H3. The van der Waals surface area contributed by atoms with Crippen molar-refractivity contribution >= 4 is 21.6 Å². The van der Waals surface area contributed by atoms with Gasteiger partial charge in [0.15, 0.2) is 0 Å². The van der Waals surface area contributed by atoms with Crippen LogP contribution < -0.4 is 5.32 Å². The molecule has 0 heterocycles. The molecular formula is C10H10BrF4N. The van der Waals surface area contributed by atoms with Crippen LogP contribution in [0.15, 0.2) is 16.6 Å². The third-order valence-electron chi connectivity index (χ3n) is 1.78. The third-order valence-corrected chi connectivity index (χ3v) is 2.24. The fourth-order valence-corrected chi connectivity index (χ4v) is 1.72. The summed E-state index contributed by atoms with van der Waals surface area (Å²) in [5.74, 6) is -1.29. The van der Waals surface area contributed by atoms with Crippen LogP contribution in [0.5, 0.6) is 0 Å².